The van der Waals surface area contributed by atoms with Crippen LogP contribution in [0.25, 0.3) is 0 Å². The smallest absolute Gasteiger partial charge is 0.0760 e. The number of aromatic nitrogens is 1. The van der Waals surface area contributed by atoms with Gasteiger partial charge in [-0.2, -0.15) is 0 Å². The van der Waals surface area contributed by atoms with Crippen LogP contribution in [0.4, 0.5) is 0 Å². The highest BCUT2D eigenvalue weighted by Gasteiger charge is 2.28. The van der Waals surface area contributed by atoms with E-state index < -0.39 is 0 Å². The summed E-state index contributed by atoms with van der Waals surface area (Å²) in [6, 6.07) is 1.66. The van der Waals surface area contributed by atoms with Crippen LogP contribution in [0, 0.1) is 11.8 Å². The van der Waals surface area contributed by atoms with E-state index in [1.807, 2.05) is 0 Å². The van der Waals surface area contributed by atoms with Crippen molar-refractivity contribution in [2.45, 2.75) is 45.1 Å². The summed E-state index contributed by atoms with van der Waals surface area (Å²) in [4.78, 5) is 4.31. The van der Waals surface area contributed by atoms with Gasteiger partial charge in [-0.05, 0) is 30.7 Å². The van der Waals surface area contributed by atoms with E-state index in [1.54, 1.807) is 12.3 Å². The van der Waals surface area contributed by atoms with Crippen LogP contribution < -0.4 is 5.73 Å². The van der Waals surface area contributed by atoms with Crippen molar-refractivity contribution in [3.8, 4) is 0 Å². The maximum absolute atomic E-state index is 6.35. The fourth-order valence-electron chi connectivity index (χ4n) is 2.92. The van der Waals surface area contributed by atoms with Gasteiger partial charge in [0, 0.05) is 6.20 Å². The topological polar surface area (TPSA) is 38.9 Å². The first kappa shape index (κ1) is 14.1. The molecule has 2 rings (SSSR count). The minimum Gasteiger partial charge on any atom is -0.322 e. The highest BCUT2D eigenvalue weighted by Crippen LogP contribution is 2.38. The number of nitrogens with two attached hydrogens (primary N) is 1. The van der Waals surface area contributed by atoms with Crippen molar-refractivity contribution >= 4 is 23.2 Å². The Morgan fingerprint density at radius 1 is 1.44 bits per heavy atom. The fourth-order valence-corrected chi connectivity index (χ4v) is 3.43. The summed E-state index contributed by atoms with van der Waals surface area (Å²) in [5, 5.41) is 1.15. The average molecular weight is 287 g/mol. The maximum atomic E-state index is 6.35. The van der Waals surface area contributed by atoms with E-state index in [0.29, 0.717) is 16.0 Å². The van der Waals surface area contributed by atoms with Crippen molar-refractivity contribution in [1.82, 2.24) is 4.98 Å². The van der Waals surface area contributed by atoms with Crippen LogP contribution in [0.3, 0.4) is 0 Å². The monoisotopic (exact) mass is 286 g/mol. The first-order chi connectivity index (χ1) is 8.61. The summed E-state index contributed by atoms with van der Waals surface area (Å²) in [7, 11) is 0. The molecule has 2 nitrogen and oxygen atoms in total. The Bertz CT molecular complexity index is 409. The number of halogens is 2. The van der Waals surface area contributed by atoms with Crippen LogP contribution in [0.2, 0.25) is 10.0 Å². The zero-order valence-corrected chi connectivity index (χ0v) is 12.2. The first-order valence-electron chi connectivity index (χ1n) is 6.68. The van der Waals surface area contributed by atoms with E-state index in [2.05, 4.69) is 11.9 Å². The average Bonchev–Trinajstić information content (AvgIpc) is 2.38. The van der Waals surface area contributed by atoms with Gasteiger partial charge in [-0.15, -0.1) is 0 Å². The molecule has 100 valence electrons. The lowest BCUT2D eigenvalue weighted by molar-refractivity contribution is 0.228. The molecule has 1 aromatic rings. The van der Waals surface area contributed by atoms with Crippen molar-refractivity contribution in [1.29, 1.82) is 0 Å². The van der Waals surface area contributed by atoms with Gasteiger partial charge in [0.05, 0.1) is 21.8 Å². The second-order valence-electron chi connectivity index (χ2n) is 5.25. The minimum atomic E-state index is -0.0656. The molecule has 2 N–H and O–H groups in total. The van der Waals surface area contributed by atoms with Crippen LogP contribution in [-0.4, -0.2) is 4.98 Å². The molecular formula is C14H20Cl2N2. The molecule has 4 heteroatoms. The van der Waals surface area contributed by atoms with Crippen LogP contribution in [-0.2, 0) is 0 Å². The van der Waals surface area contributed by atoms with Gasteiger partial charge >= 0.3 is 0 Å². The normalized spacial score (nSPS) is 26.0. The second kappa shape index (κ2) is 6.23. The predicted octanol–water partition coefficient (Wildman–Crippen LogP) is 4.60. The van der Waals surface area contributed by atoms with Crippen LogP contribution in [0.5, 0.6) is 0 Å². The molecular weight excluding hydrogens is 267 g/mol. The molecule has 0 aliphatic heterocycles. The molecule has 3 unspecified atom stereocenters. The third-order valence-corrected chi connectivity index (χ3v) is 4.57. The zero-order chi connectivity index (χ0) is 13.1. The van der Waals surface area contributed by atoms with Crippen molar-refractivity contribution in [2.75, 3.05) is 0 Å². The zero-order valence-electron chi connectivity index (χ0n) is 10.7. The van der Waals surface area contributed by atoms with Gasteiger partial charge in [0.25, 0.3) is 0 Å². The Hall–Kier alpha value is -0.310. The molecule has 0 radical (unpaired) electrons. The molecule has 0 saturated heterocycles. The van der Waals surface area contributed by atoms with Gasteiger partial charge in [-0.3, -0.25) is 4.98 Å². The molecule has 1 heterocycles. The van der Waals surface area contributed by atoms with Gasteiger partial charge in [0.15, 0.2) is 0 Å². The van der Waals surface area contributed by atoms with E-state index >= 15 is 0 Å². The highest BCUT2D eigenvalue weighted by molar-refractivity contribution is 6.34. The van der Waals surface area contributed by atoms with Gasteiger partial charge in [-0.25, -0.2) is 0 Å². The summed E-state index contributed by atoms with van der Waals surface area (Å²) in [5.74, 6) is 1.30. The summed E-state index contributed by atoms with van der Waals surface area (Å²) in [6.45, 7) is 2.26. The molecule has 0 bridgehead atoms. The number of hydrogen-bond donors (Lipinski definition) is 1. The molecule has 3 atom stereocenters. The molecule has 0 aromatic carbocycles. The summed E-state index contributed by atoms with van der Waals surface area (Å²) in [6.07, 6.45) is 7.84. The molecule has 0 spiro atoms. The standard InChI is InChI=1S/C14H20Cl2N2/c1-2-9-4-3-5-10(6-9)13(17)14-12(16)7-11(15)8-18-14/h7-10,13H,2-6,17H2,1H3. The summed E-state index contributed by atoms with van der Waals surface area (Å²) in [5.41, 5.74) is 7.14. The van der Waals surface area contributed by atoms with Crippen LogP contribution >= 0.6 is 23.2 Å². The Labute approximate surface area is 119 Å². The maximum Gasteiger partial charge on any atom is 0.0760 e. The molecule has 1 aromatic heterocycles. The lowest BCUT2D eigenvalue weighted by Gasteiger charge is -2.32. The number of nitrogens with zero attached hydrogens (tertiary/aromatic N) is 1. The Morgan fingerprint density at radius 2 is 2.22 bits per heavy atom. The van der Waals surface area contributed by atoms with E-state index in [0.717, 1.165) is 11.6 Å². The third kappa shape index (κ3) is 3.17. The SMILES string of the molecule is CCC1CCCC(C(N)c2ncc(Cl)cc2Cl)C1. The third-order valence-electron chi connectivity index (χ3n) is 4.06. The Kier molecular flexibility index (Phi) is 4.88. The largest absolute Gasteiger partial charge is 0.322 e. The Balaban J connectivity index is 2.12. The molecule has 1 aliphatic carbocycles. The Morgan fingerprint density at radius 3 is 2.89 bits per heavy atom. The van der Waals surface area contributed by atoms with E-state index in [4.69, 9.17) is 28.9 Å². The lowest BCUT2D eigenvalue weighted by atomic mass is 9.76. The van der Waals surface area contributed by atoms with E-state index in [9.17, 15) is 0 Å². The number of hydrogen-bond acceptors (Lipinski definition) is 2. The van der Waals surface area contributed by atoms with Crippen molar-refractivity contribution in [3.63, 3.8) is 0 Å². The highest BCUT2D eigenvalue weighted by atomic mass is 35.5. The van der Waals surface area contributed by atoms with Gasteiger partial charge in [0.1, 0.15) is 0 Å². The molecule has 18 heavy (non-hydrogen) atoms. The molecule has 1 saturated carbocycles. The van der Waals surface area contributed by atoms with Crippen LogP contribution in [0.1, 0.15) is 50.8 Å². The summed E-state index contributed by atoms with van der Waals surface area (Å²) < 4.78 is 0. The van der Waals surface area contributed by atoms with Crippen molar-refractivity contribution in [2.24, 2.45) is 17.6 Å². The second-order valence-corrected chi connectivity index (χ2v) is 6.09. The van der Waals surface area contributed by atoms with Gasteiger partial charge < -0.3 is 5.73 Å². The van der Waals surface area contributed by atoms with Gasteiger partial charge in [-0.1, -0.05) is 49.4 Å². The van der Waals surface area contributed by atoms with Gasteiger partial charge in [0.2, 0.25) is 0 Å². The van der Waals surface area contributed by atoms with Crippen molar-refractivity contribution < 1.29 is 0 Å². The number of pyridine rings is 1. The molecule has 1 aliphatic rings. The molecule has 1 fully saturated rings. The quantitative estimate of drug-likeness (QED) is 0.882. The fraction of sp³-hybridized carbons (Fsp3) is 0.643. The van der Waals surface area contributed by atoms with E-state index in [1.165, 1.54) is 32.1 Å². The minimum absolute atomic E-state index is 0.0656. The summed E-state index contributed by atoms with van der Waals surface area (Å²) >= 11 is 12.1. The predicted molar refractivity (Wildman–Crippen MR) is 76.9 cm³/mol. The van der Waals surface area contributed by atoms with Crippen molar-refractivity contribution in [3.05, 3.63) is 28.0 Å². The molecule has 0 amide bonds. The van der Waals surface area contributed by atoms with Crippen LogP contribution in [0.15, 0.2) is 12.3 Å². The van der Waals surface area contributed by atoms with E-state index in [-0.39, 0.29) is 6.04 Å². The number of rotatable bonds is 3. The lowest BCUT2D eigenvalue weighted by Crippen LogP contribution is -2.27. The first-order valence-corrected chi connectivity index (χ1v) is 7.44.